The van der Waals surface area contributed by atoms with E-state index >= 15 is 0 Å². The van der Waals surface area contributed by atoms with Gasteiger partial charge in [0, 0.05) is 49.0 Å². The summed E-state index contributed by atoms with van der Waals surface area (Å²) in [6.07, 6.45) is 8.59. The summed E-state index contributed by atoms with van der Waals surface area (Å²) in [5, 5.41) is 11.1. The van der Waals surface area contributed by atoms with E-state index in [0.29, 0.717) is 0 Å². The molecule has 0 bridgehead atoms. The van der Waals surface area contributed by atoms with Crippen molar-refractivity contribution in [3.8, 4) is 0 Å². The molecule has 26 heavy (non-hydrogen) atoms. The third kappa shape index (κ3) is 5.45. The molecule has 1 fully saturated rings. The lowest BCUT2D eigenvalue weighted by Crippen LogP contribution is -2.49. The van der Waals surface area contributed by atoms with Crippen LogP contribution < -0.4 is 10.6 Å². The third-order valence-corrected chi connectivity index (χ3v) is 5.53. The zero-order valence-electron chi connectivity index (χ0n) is 15.1. The van der Waals surface area contributed by atoms with Gasteiger partial charge < -0.3 is 10.6 Å². The zero-order valence-corrected chi connectivity index (χ0v) is 19.0. The molecule has 0 unspecified atom stereocenters. The minimum atomic E-state index is 0. The van der Waals surface area contributed by atoms with Crippen molar-refractivity contribution in [3.05, 3.63) is 52.8 Å². The van der Waals surface area contributed by atoms with Gasteiger partial charge >= 0.3 is 0 Å². The third-order valence-electron chi connectivity index (χ3n) is 5.00. The van der Waals surface area contributed by atoms with E-state index in [9.17, 15) is 0 Å². The van der Waals surface area contributed by atoms with Gasteiger partial charge in [0.05, 0.1) is 0 Å². The molecule has 0 atom stereocenters. The smallest absolute Gasteiger partial charge is 0.191 e. The second kappa shape index (κ2) is 10.3. The number of halogens is 2. The minimum Gasteiger partial charge on any atom is -0.356 e. The Morgan fingerprint density at radius 1 is 1.27 bits per heavy atom. The Bertz CT molecular complexity index is 680. The van der Waals surface area contributed by atoms with Crippen LogP contribution in [0.5, 0.6) is 0 Å². The molecule has 142 valence electrons. The molecule has 1 saturated carbocycles. The average molecular weight is 532 g/mol. The van der Waals surface area contributed by atoms with E-state index in [-0.39, 0.29) is 29.4 Å². The normalized spacial score (nSPS) is 15.7. The lowest BCUT2D eigenvalue weighted by Gasteiger charge is -2.43. The lowest BCUT2D eigenvalue weighted by molar-refractivity contribution is 0.244. The predicted octanol–water partition coefficient (Wildman–Crippen LogP) is 3.94. The van der Waals surface area contributed by atoms with E-state index in [1.54, 1.807) is 0 Å². The number of aromatic nitrogens is 2. The SMILES string of the molecule is CN=C(NCCCn1cccn1)NCC1(c2ccc(Br)cc2)CCC1.I. The van der Waals surface area contributed by atoms with Gasteiger partial charge in [0.25, 0.3) is 0 Å². The lowest BCUT2D eigenvalue weighted by atomic mass is 9.64. The Morgan fingerprint density at radius 2 is 2.04 bits per heavy atom. The van der Waals surface area contributed by atoms with Crippen LogP contribution in [0.15, 0.2) is 52.2 Å². The van der Waals surface area contributed by atoms with Gasteiger partial charge in [-0.2, -0.15) is 5.10 Å². The number of nitrogens with one attached hydrogen (secondary N) is 2. The van der Waals surface area contributed by atoms with Crippen molar-refractivity contribution in [2.75, 3.05) is 20.1 Å². The van der Waals surface area contributed by atoms with Crippen molar-refractivity contribution in [1.29, 1.82) is 0 Å². The van der Waals surface area contributed by atoms with Gasteiger partial charge in [-0.05, 0) is 43.0 Å². The van der Waals surface area contributed by atoms with Crippen molar-refractivity contribution in [2.24, 2.45) is 4.99 Å². The summed E-state index contributed by atoms with van der Waals surface area (Å²) < 4.78 is 3.09. The van der Waals surface area contributed by atoms with Crippen molar-refractivity contribution < 1.29 is 0 Å². The van der Waals surface area contributed by atoms with Gasteiger partial charge in [-0.3, -0.25) is 9.67 Å². The zero-order chi connectivity index (χ0) is 17.5. The summed E-state index contributed by atoms with van der Waals surface area (Å²) in [6.45, 7) is 2.72. The maximum atomic E-state index is 4.36. The molecular weight excluding hydrogens is 505 g/mol. The molecule has 7 heteroatoms. The second-order valence-electron chi connectivity index (χ2n) is 6.62. The standard InChI is InChI=1S/C19H26BrN5.HI/c1-21-18(22-11-3-13-25-14-4-12-24-25)23-15-19(9-2-10-19)16-5-7-17(20)8-6-16;/h4-8,12,14H,2-3,9-11,13,15H2,1H3,(H2,21,22,23);1H. The van der Waals surface area contributed by atoms with Crippen molar-refractivity contribution in [3.63, 3.8) is 0 Å². The monoisotopic (exact) mass is 531 g/mol. The quantitative estimate of drug-likeness (QED) is 0.246. The highest BCUT2D eigenvalue weighted by Crippen LogP contribution is 2.43. The van der Waals surface area contributed by atoms with Crippen molar-refractivity contribution in [2.45, 2.75) is 37.6 Å². The molecule has 1 heterocycles. The van der Waals surface area contributed by atoms with Crippen LogP contribution in [0.25, 0.3) is 0 Å². The predicted molar refractivity (Wildman–Crippen MR) is 121 cm³/mol. The Balaban J connectivity index is 0.00000243. The summed E-state index contributed by atoms with van der Waals surface area (Å²) in [6, 6.07) is 10.7. The Morgan fingerprint density at radius 3 is 2.62 bits per heavy atom. The summed E-state index contributed by atoms with van der Waals surface area (Å²) in [4.78, 5) is 4.36. The number of guanidine groups is 1. The first-order chi connectivity index (χ1) is 12.2. The fourth-order valence-electron chi connectivity index (χ4n) is 3.33. The van der Waals surface area contributed by atoms with E-state index < -0.39 is 0 Å². The van der Waals surface area contributed by atoms with Crippen LogP contribution in [0, 0.1) is 0 Å². The number of benzene rings is 1. The van der Waals surface area contributed by atoms with Gasteiger partial charge in [-0.25, -0.2) is 0 Å². The molecule has 0 spiro atoms. The number of nitrogens with zero attached hydrogens (tertiary/aromatic N) is 3. The molecule has 5 nitrogen and oxygen atoms in total. The highest BCUT2D eigenvalue weighted by molar-refractivity contribution is 14.0. The number of hydrogen-bond donors (Lipinski definition) is 2. The van der Waals surface area contributed by atoms with Crippen LogP contribution in [0.2, 0.25) is 0 Å². The Hall–Kier alpha value is -1.09. The molecule has 2 N–H and O–H groups in total. The topological polar surface area (TPSA) is 54.2 Å². The molecule has 1 aromatic carbocycles. The fourth-order valence-corrected chi connectivity index (χ4v) is 3.59. The second-order valence-corrected chi connectivity index (χ2v) is 7.53. The first-order valence-corrected chi connectivity index (χ1v) is 9.69. The van der Waals surface area contributed by atoms with Gasteiger partial charge in [0.15, 0.2) is 5.96 Å². The van der Waals surface area contributed by atoms with Gasteiger partial charge in [0.1, 0.15) is 0 Å². The fraction of sp³-hybridized carbons (Fsp3) is 0.474. The largest absolute Gasteiger partial charge is 0.356 e. The Kier molecular flexibility index (Phi) is 8.40. The molecule has 1 aromatic heterocycles. The van der Waals surface area contributed by atoms with E-state index in [0.717, 1.165) is 36.5 Å². The number of aliphatic imine (C=N–C) groups is 1. The highest BCUT2D eigenvalue weighted by atomic mass is 127. The Labute approximate surface area is 181 Å². The molecule has 0 aliphatic heterocycles. The summed E-state index contributed by atoms with van der Waals surface area (Å²) in [5.74, 6) is 0.879. The molecule has 3 rings (SSSR count). The summed E-state index contributed by atoms with van der Waals surface area (Å²) in [5.41, 5.74) is 1.66. The maximum Gasteiger partial charge on any atom is 0.191 e. The molecule has 1 aliphatic rings. The van der Waals surface area contributed by atoms with Gasteiger partial charge in [0.2, 0.25) is 0 Å². The summed E-state index contributed by atoms with van der Waals surface area (Å²) in [7, 11) is 1.83. The van der Waals surface area contributed by atoms with Crippen LogP contribution in [0.3, 0.4) is 0 Å². The van der Waals surface area contributed by atoms with Crippen LogP contribution in [0.1, 0.15) is 31.2 Å². The van der Waals surface area contributed by atoms with E-state index in [4.69, 9.17) is 0 Å². The first kappa shape index (κ1) is 21.2. The van der Waals surface area contributed by atoms with Crippen molar-refractivity contribution in [1.82, 2.24) is 20.4 Å². The molecule has 0 amide bonds. The van der Waals surface area contributed by atoms with Crippen LogP contribution >= 0.6 is 39.9 Å². The van der Waals surface area contributed by atoms with Gasteiger partial charge in [-0.15, -0.1) is 24.0 Å². The molecule has 0 saturated heterocycles. The van der Waals surface area contributed by atoms with E-state index in [1.165, 1.54) is 24.8 Å². The minimum absolute atomic E-state index is 0. The van der Waals surface area contributed by atoms with E-state index in [2.05, 4.69) is 60.9 Å². The highest BCUT2D eigenvalue weighted by Gasteiger charge is 2.38. The van der Waals surface area contributed by atoms with Crippen molar-refractivity contribution >= 4 is 45.9 Å². The molecule has 1 aliphatic carbocycles. The molecular formula is C19H27BrIN5. The number of hydrogen-bond acceptors (Lipinski definition) is 2. The van der Waals surface area contributed by atoms with Crippen LogP contribution in [-0.4, -0.2) is 35.9 Å². The average Bonchev–Trinajstić information content (AvgIpc) is 3.10. The molecule has 2 aromatic rings. The molecule has 0 radical (unpaired) electrons. The van der Waals surface area contributed by atoms with Crippen LogP contribution in [0.4, 0.5) is 0 Å². The first-order valence-electron chi connectivity index (χ1n) is 8.90. The maximum absolute atomic E-state index is 4.36. The van der Waals surface area contributed by atoms with Gasteiger partial charge in [-0.1, -0.05) is 34.5 Å². The summed E-state index contributed by atoms with van der Waals surface area (Å²) >= 11 is 3.52. The van der Waals surface area contributed by atoms with Crippen LogP contribution in [-0.2, 0) is 12.0 Å². The van der Waals surface area contributed by atoms with E-state index in [1.807, 2.05) is 30.2 Å². The number of rotatable bonds is 7. The number of aryl methyl sites for hydroxylation is 1.